The molecule has 0 fully saturated rings. The van der Waals surface area contributed by atoms with E-state index in [0.717, 1.165) is 16.8 Å². The summed E-state index contributed by atoms with van der Waals surface area (Å²) in [5, 5.41) is 3.86. The Hall–Kier alpha value is -1.81. The zero-order chi connectivity index (χ0) is 12.4. The van der Waals surface area contributed by atoms with Gasteiger partial charge >= 0.3 is 0 Å². The molecule has 0 saturated heterocycles. The van der Waals surface area contributed by atoms with E-state index >= 15 is 0 Å². The number of nitrogen functional groups attached to an aromatic ring is 1. The quantitative estimate of drug-likeness (QED) is 0.828. The van der Waals surface area contributed by atoms with E-state index < -0.39 is 0 Å². The molecule has 2 aromatic rings. The van der Waals surface area contributed by atoms with Crippen LogP contribution in [0.1, 0.15) is 15.9 Å². The molecular weight excluding hydrogens is 232 g/mol. The van der Waals surface area contributed by atoms with Gasteiger partial charge in [0, 0.05) is 23.8 Å². The third-order valence-corrected chi connectivity index (χ3v) is 3.53. The van der Waals surface area contributed by atoms with E-state index in [4.69, 9.17) is 5.73 Å². The maximum Gasteiger partial charge on any atom is 0.259 e. The van der Waals surface area contributed by atoms with E-state index in [1.54, 1.807) is 35.4 Å². The largest absolute Gasteiger partial charge is 0.399 e. The molecule has 2 N–H and O–H groups in total. The topological polar surface area (TPSA) is 46.3 Å². The minimum atomic E-state index is 0.00789. The molecule has 17 heavy (non-hydrogen) atoms. The van der Waals surface area contributed by atoms with E-state index in [0.29, 0.717) is 5.69 Å². The molecule has 0 aliphatic heterocycles. The molecule has 1 aromatic carbocycles. The highest BCUT2D eigenvalue weighted by Crippen LogP contribution is 2.20. The summed E-state index contributed by atoms with van der Waals surface area (Å²) >= 11 is 1.54. The molecule has 0 radical (unpaired) electrons. The van der Waals surface area contributed by atoms with Crippen molar-refractivity contribution in [3.05, 3.63) is 46.2 Å². The van der Waals surface area contributed by atoms with Crippen molar-refractivity contribution in [2.75, 3.05) is 17.7 Å². The summed E-state index contributed by atoms with van der Waals surface area (Å²) in [6.07, 6.45) is 0. The number of carbonyl (C=O) groups excluding carboxylic acids is 1. The molecule has 0 aliphatic carbocycles. The Morgan fingerprint density at radius 1 is 1.24 bits per heavy atom. The summed E-state index contributed by atoms with van der Waals surface area (Å²) < 4.78 is 0. The lowest BCUT2D eigenvalue weighted by Gasteiger charge is -2.17. The number of anilines is 2. The Balaban J connectivity index is 2.26. The van der Waals surface area contributed by atoms with Gasteiger partial charge in [0.25, 0.3) is 5.91 Å². The van der Waals surface area contributed by atoms with Crippen molar-refractivity contribution in [2.45, 2.75) is 6.92 Å². The van der Waals surface area contributed by atoms with Crippen molar-refractivity contribution in [2.24, 2.45) is 0 Å². The zero-order valence-electron chi connectivity index (χ0n) is 9.81. The SMILES string of the molecule is Cc1cscc1C(=O)N(C)c1ccc(N)cc1. The van der Waals surface area contributed by atoms with E-state index in [1.165, 1.54) is 0 Å². The first kappa shape index (κ1) is 11.7. The summed E-state index contributed by atoms with van der Waals surface area (Å²) in [5.41, 5.74) is 8.93. The van der Waals surface area contributed by atoms with Crippen molar-refractivity contribution in [3.63, 3.8) is 0 Å². The fourth-order valence-electron chi connectivity index (χ4n) is 1.58. The zero-order valence-corrected chi connectivity index (χ0v) is 10.6. The molecule has 0 aliphatic rings. The molecule has 3 nitrogen and oxygen atoms in total. The van der Waals surface area contributed by atoms with Gasteiger partial charge in [-0.1, -0.05) is 0 Å². The lowest BCUT2D eigenvalue weighted by atomic mass is 10.2. The minimum Gasteiger partial charge on any atom is -0.399 e. The van der Waals surface area contributed by atoms with Crippen LogP contribution in [-0.4, -0.2) is 13.0 Å². The number of hydrogen-bond donors (Lipinski definition) is 1. The van der Waals surface area contributed by atoms with E-state index in [1.807, 2.05) is 29.8 Å². The number of nitrogens with zero attached hydrogens (tertiary/aromatic N) is 1. The Morgan fingerprint density at radius 2 is 1.88 bits per heavy atom. The molecular formula is C13H14N2OS. The molecule has 2 rings (SSSR count). The van der Waals surface area contributed by atoms with Crippen LogP contribution in [0.25, 0.3) is 0 Å². The predicted octanol–water partition coefficient (Wildman–Crippen LogP) is 2.92. The Kier molecular flexibility index (Phi) is 3.15. The Morgan fingerprint density at radius 3 is 2.41 bits per heavy atom. The van der Waals surface area contributed by atoms with Gasteiger partial charge in [-0.3, -0.25) is 4.79 Å². The van der Waals surface area contributed by atoms with Crippen LogP contribution >= 0.6 is 11.3 Å². The lowest BCUT2D eigenvalue weighted by molar-refractivity contribution is 0.0993. The van der Waals surface area contributed by atoms with Gasteiger partial charge < -0.3 is 10.6 Å². The number of amides is 1. The second kappa shape index (κ2) is 4.59. The average Bonchev–Trinajstić information content (AvgIpc) is 2.74. The second-order valence-electron chi connectivity index (χ2n) is 3.92. The van der Waals surface area contributed by atoms with Crippen molar-refractivity contribution in [3.8, 4) is 0 Å². The van der Waals surface area contributed by atoms with Crippen molar-refractivity contribution >= 4 is 28.6 Å². The molecule has 0 bridgehead atoms. The minimum absolute atomic E-state index is 0.00789. The third-order valence-electron chi connectivity index (χ3n) is 2.67. The second-order valence-corrected chi connectivity index (χ2v) is 4.67. The first-order valence-corrected chi connectivity index (χ1v) is 6.20. The number of hydrogen-bond acceptors (Lipinski definition) is 3. The molecule has 0 atom stereocenters. The van der Waals surface area contributed by atoms with Gasteiger partial charge in [-0.05, 0) is 42.1 Å². The van der Waals surface area contributed by atoms with Crippen molar-refractivity contribution in [1.29, 1.82) is 0 Å². The van der Waals surface area contributed by atoms with Crippen LogP contribution in [0.5, 0.6) is 0 Å². The molecule has 0 unspecified atom stereocenters. The normalized spacial score (nSPS) is 10.2. The summed E-state index contributed by atoms with van der Waals surface area (Å²) in [5.74, 6) is 0.00789. The van der Waals surface area contributed by atoms with E-state index in [9.17, 15) is 4.79 Å². The van der Waals surface area contributed by atoms with Gasteiger partial charge in [-0.25, -0.2) is 0 Å². The molecule has 0 spiro atoms. The Labute approximate surface area is 104 Å². The first-order chi connectivity index (χ1) is 8.09. The summed E-state index contributed by atoms with van der Waals surface area (Å²) in [6.45, 7) is 1.94. The highest BCUT2D eigenvalue weighted by atomic mass is 32.1. The molecule has 1 heterocycles. The average molecular weight is 246 g/mol. The number of nitrogens with two attached hydrogens (primary N) is 1. The maximum atomic E-state index is 12.2. The summed E-state index contributed by atoms with van der Waals surface area (Å²) in [6, 6.07) is 7.27. The molecule has 88 valence electrons. The van der Waals surface area contributed by atoms with Gasteiger partial charge in [-0.2, -0.15) is 11.3 Å². The fraction of sp³-hybridized carbons (Fsp3) is 0.154. The number of benzene rings is 1. The van der Waals surface area contributed by atoms with Crippen LogP contribution in [0, 0.1) is 6.92 Å². The molecule has 1 aromatic heterocycles. The lowest BCUT2D eigenvalue weighted by Crippen LogP contribution is -2.26. The number of rotatable bonds is 2. The van der Waals surface area contributed by atoms with Gasteiger partial charge in [-0.15, -0.1) is 0 Å². The highest BCUT2D eigenvalue weighted by molar-refractivity contribution is 7.08. The van der Waals surface area contributed by atoms with Crippen molar-refractivity contribution in [1.82, 2.24) is 0 Å². The van der Waals surface area contributed by atoms with Crippen LogP contribution in [0.3, 0.4) is 0 Å². The number of thiophene rings is 1. The standard InChI is InChI=1S/C13H14N2OS/c1-9-7-17-8-12(9)13(16)15(2)11-5-3-10(14)4-6-11/h3-8H,14H2,1-2H3. The number of aryl methyl sites for hydroxylation is 1. The summed E-state index contributed by atoms with van der Waals surface area (Å²) in [7, 11) is 1.77. The van der Waals surface area contributed by atoms with Crippen molar-refractivity contribution < 1.29 is 4.79 Å². The highest BCUT2D eigenvalue weighted by Gasteiger charge is 2.15. The van der Waals surface area contributed by atoms with Gasteiger partial charge in [0.1, 0.15) is 0 Å². The number of carbonyl (C=O) groups is 1. The fourth-order valence-corrected chi connectivity index (χ4v) is 2.40. The summed E-state index contributed by atoms with van der Waals surface area (Å²) in [4.78, 5) is 13.8. The molecule has 0 saturated carbocycles. The maximum absolute atomic E-state index is 12.2. The van der Waals surface area contributed by atoms with Crippen LogP contribution in [0.15, 0.2) is 35.0 Å². The third kappa shape index (κ3) is 2.31. The predicted molar refractivity (Wildman–Crippen MR) is 72.6 cm³/mol. The van der Waals surface area contributed by atoms with E-state index in [-0.39, 0.29) is 5.91 Å². The smallest absolute Gasteiger partial charge is 0.259 e. The van der Waals surface area contributed by atoms with Gasteiger partial charge in [0.05, 0.1) is 5.56 Å². The van der Waals surface area contributed by atoms with E-state index in [2.05, 4.69) is 0 Å². The molecule has 4 heteroatoms. The van der Waals surface area contributed by atoms with Crippen LogP contribution < -0.4 is 10.6 Å². The van der Waals surface area contributed by atoms with Crippen LogP contribution in [-0.2, 0) is 0 Å². The molecule has 1 amide bonds. The van der Waals surface area contributed by atoms with Crippen LogP contribution in [0.4, 0.5) is 11.4 Å². The Bertz CT molecular complexity index is 531. The monoisotopic (exact) mass is 246 g/mol. The first-order valence-electron chi connectivity index (χ1n) is 5.26. The van der Waals surface area contributed by atoms with Gasteiger partial charge in [0.2, 0.25) is 0 Å². The van der Waals surface area contributed by atoms with Crippen LogP contribution in [0.2, 0.25) is 0 Å². The van der Waals surface area contributed by atoms with Gasteiger partial charge in [0.15, 0.2) is 0 Å².